The third-order valence-electron chi connectivity index (χ3n) is 3.99. The van der Waals surface area contributed by atoms with Gasteiger partial charge < -0.3 is 15.2 Å². The summed E-state index contributed by atoms with van der Waals surface area (Å²) in [7, 11) is 0. The molecule has 1 aromatic carbocycles. The second-order valence-electron chi connectivity index (χ2n) is 5.73. The molecule has 1 aliphatic carbocycles. The van der Waals surface area contributed by atoms with Crippen molar-refractivity contribution in [2.75, 3.05) is 6.54 Å². The van der Waals surface area contributed by atoms with Gasteiger partial charge >= 0.3 is 0 Å². The van der Waals surface area contributed by atoms with Crippen molar-refractivity contribution in [1.82, 2.24) is 15.2 Å². The van der Waals surface area contributed by atoms with Gasteiger partial charge in [0.2, 0.25) is 5.91 Å². The molecule has 0 saturated heterocycles. The molecule has 4 nitrogen and oxygen atoms in total. The minimum absolute atomic E-state index is 0.170. The third kappa shape index (κ3) is 3.45. The van der Waals surface area contributed by atoms with Crippen molar-refractivity contribution in [3.8, 4) is 0 Å². The van der Waals surface area contributed by atoms with Gasteiger partial charge in [-0.05, 0) is 37.1 Å². The first-order valence-electron chi connectivity index (χ1n) is 7.84. The van der Waals surface area contributed by atoms with E-state index in [-0.39, 0.29) is 5.91 Å². The number of fused-ring (bicyclic) bond motifs is 1. The number of rotatable bonds is 7. The van der Waals surface area contributed by atoms with Gasteiger partial charge in [0.05, 0.1) is 0 Å². The molecule has 0 unspecified atom stereocenters. The standard InChI is InChI=1S/C17H23N3O/c1-2-18-12-13-4-3-5-16-15(13)8-10-20(16)11-9-17(21)19-14-6-7-14/h3-5,8,10,14,18H,2,6-7,9,11-12H2,1H3,(H,19,21). The van der Waals surface area contributed by atoms with Gasteiger partial charge in [0, 0.05) is 42.7 Å². The summed E-state index contributed by atoms with van der Waals surface area (Å²) >= 11 is 0. The molecule has 1 aliphatic rings. The summed E-state index contributed by atoms with van der Waals surface area (Å²) in [5, 5.41) is 7.69. The fraction of sp³-hybridized carbons (Fsp3) is 0.471. The Labute approximate surface area is 125 Å². The number of hydrogen-bond acceptors (Lipinski definition) is 2. The van der Waals surface area contributed by atoms with Crippen molar-refractivity contribution in [2.45, 2.75) is 45.3 Å². The summed E-state index contributed by atoms with van der Waals surface area (Å²) in [6.07, 6.45) is 4.93. The van der Waals surface area contributed by atoms with Gasteiger partial charge in [-0.1, -0.05) is 19.1 Å². The molecule has 0 atom stereocenters. The lowest BCUT2D eigenvalue weighted by Crippen LogP contribution is -2.26. The molecule has 2 N–H and O–H groups in total. The van der Waals surface area contributed by atoms with E-state index in [2.05, 4.69) is 52.6 Å². The SMILES string of the molecule is CCNCc1cccc2c1ccn2CCC(=O)NC1CC1. The Kier molecular flexibility index (Phi) is 4.25. The van der Waals surface area contributed by atoms with E-state index in [1.165, 1.54) is 16.5 Å². The first-order chi connectivity index (χ1) is 10.3. The minimum atomic E-state index is 0.170. The van der Waals surface area contributed by atoms with E-state index < -0.39 is 0 Å². The van der Waals surface area contributed by atoms with Gasteiger partial charge in [0.1, 0.15) is 0 Å². The number of hydrogen-bond donors (Lipinski definition) is 2. The number of nitrogens with one attached hydrogen (secondary N) is 2. The summed E-state index contributed by atoms with van der Waals surface area (Å²) in [6, 6.07) is 8.99. The predicted molar refractivity (Wildman–Crippen MR) is 85.1 cm³/mol. The quantitative estimate of drug-likeness (QED) is 0.820. The molecule has 1 fully saturated rings. The van der Waals surface area contributed by atoms with Crippen LogP contribution in [0.15, 0.2) is 30.5 Å². The fourth-order valence-corrected chi connectivity index (χ4v) is 2.65. The van der Waals surface area contributed by atoms with Crippen LogP contribution < -0.4 is 10.6 Å². The van der Waals surface area contributed by atoms with Crippen molar-refractivity contribution >= 4 is 16.8 Å². The molecule has 0 radical (unpaired) electrons. The number of amides is 1. The van der Waals surface area contributed by atoms with Crippen LogP contribution in [0.4, 0.5) is 0 Å². The normalized spacial score (nSPS) is 14.5. The number of aryl methyl sites for hydroxylation is 1. The summed E-state index contributed by atoms with van der Waals surface area (Å²) in [5.74, 6) is 0.170. The van der Waals surface area contributed by atoms with E-state index in [1.54, 1.807) is 0 Å². The number of carbonyl (C=O) groups excluding carboxylic acids is 1. The van der Waals surface area contributed by atoms with E-state index in [9.17, 15) is 4.79 Å². The highest BCUT2D eigenvalue weighted by Crippen LogP contribution is 2.21. The number of benzene rings is 1. The first-order valence-corrected chi connectivity index (χ1v) is 7.84. The lowest BCUT2D eigenvalue weighted by molar-refractivity contribution is -0.121. The zero-order valence-electron chi connectivity index (χ0n) is 12.6. The molecule has 0 spiro atoms. The highest BCUT2D eigenvalue weighted by atomic mass is 16.1. The predicted octanol–water partition coefficient (Wildman–Crippen LogP) is 2.42. The Bertz CT molecular complexity index is 628. The molecule has 1 saturated carbocycles. The van der Waals surface area contributed by atoms with Crippen LogP contribution in [-0.4, -0.2) is 23.1 Å². The first kappa shape index (κ1) is 14.1. The Balaban J connectivity index is 1.69. The fourth-order valence-electron chi connectivity index (χ4n) is 2.65. The third-order valence-corrected chi connectivity index (χ3v) is 3.99. The lowest BCUT2D eigenvalue weighted by atomic mass is 10.1. The van der Waals surface area contributed by atoms with Crippen molar-refractivity contribution in [1.29, 1.82) is 0 Å². The topological polar surface area (TPSA) is 46.1 Å². The molecule has 1 heterocycles. The van der Waals surface area contributed by atoms with E-state index >= 15 is 0 Å². The Hall–Kier alpha value is -1.81. The van der Waals surface area contributed by atoms with Crippen LogP contribution in [0.3, 0.4) is 0 Å². The van der Waals surface area contributed by atoms with Crippen LogP contribution in [0.2, 0.25) is 0 Å². The lowest BCUT2D eigenvalue weighted by Gasteiger charge is -2.08. The molecule has 21 heavy (non-hydrogen) atoms. The molecule has 1 aromatic heterocycles. The second-order valence-corrected chi connectivity index (χ2v) is 5.73. The van der Waals surface area contributed by atoms with Gasteiger partial charge in [0.15, 0.2) is 0 Å². The van der Waals surface area contributed by atoms with Crippen LogP contribution >= 0.6 is 0 Å². The molecule has 4 heteroatoms. The number of aromatic nitrogens is 1. The largest absolute Gasteiger partial charge is 0.353 e. The van der Waals surface area contributed by atoms with Crippen LogP contribution in [0, 0.1) is 0 Å². The molecule has 2 aromatic rings. The van der Waals surface area contributed by atoms with E-state index in [0.29, 0.717) is 12.5 Å². The van der Waals surface area contributed by atoms with Crippen molar-refractivity contribution in [3.63, 3.8) is 0 Å². The van der Waals surface area contributed by atoms with Crippen LogP contribution in [0.1, 0.15) is 31.7 Å². The van der Waals surface area contributed by atoms with Crippen LogP contribution in [0.5, 0.6) is 0 Å². The molecular weight excluding hydrogens is 262 g/mol. The van der Waals surface area contributed by atoms with Crippen LogP contribution in [-0.2, 0) is 17.9 Å². The van der Waals surface area contributed by atoms with Gasteiger partial charge in [0.25, 0.3) is 0 Å². The highest BCUT2D eigenvalue weighted by molar-refractivity contribution is 5.84. The van der Waals surface area contributed by atoms with E-state index in [1.807, 2.05) is 0 Å². The molecule has 0 aliphatic heterocycles. The minimum Gasteiger partial charge on any atom is -0.353 e. The summed E-state index contributed by atoms with van der Waals surface area (Å²) in [6.45, 7) is 4.72. The second kappa shape index (κ2) is 6.31. The molecule has 1 amide bonds. The van der Waals surface area contributed by atoms with Crippen molar-refractivity contribution in [3.05, 3.63) is 36.0 Å². The maximum absolute atomic E-state index is 11.8. The van der Waals surface area contributed by atoms with Gasteiger partial charge in [-0.25, -0.2) is 0 Å². The van der Waals surface area contributed by atoms with Crippen LogP contribution in [0.25, 0.3) is 10.9 Å². The maximum Gasteiger partial charge on any atom is 0.222 e. The van der Waals surface area contributed by atoms with E-state index in [0.717, 1.165) is 32.5 Å². The Morgan fingerprint density at radius 3 is 2.95 bits per heavy atom. The number of nitrogens with zero attached hydrogens (tertiary/aromatic N) is 1. The zero-order valence-corrected chi connectivity index (χ0v) is 12.6. The van der Waals surface area contributed by atoms with E-state index in [4.69, 9.17) is 0 Å². The average molecular weight is 285 g/mol. The smallest absolute Gasteiger partial charge is 0.222 e. The zero-order chi connectivity index (χ0) is 14.7. The van der Waals surface area contributed by atoms with Crippen molar-refractivity contribution in [2.24, 2.45) is 0 Å². The Morgan fingerprint density at radius 2 is 2.19 bits per heavy atom. The van der Waals surface area contributed by atoms with Gasteiger partial charge in [-0.15, -0.1) is 0 Å². The molecular formula is C17H23N3O. The molecule has 112 valence electrons. The summed E-state index contributed by atoms with van der Waals surface area (Å²) in [4.78, 5) is 11.8. The number of carbonyl (C=O) groups is 1. The molecule has 0 bridgehead atoms. The monoisotopic (exact) mass is 285 g/mol. The summed E-state index contributed by atoms with van der Waals surface area (Å²) in [5.41, 5.74) is 2.53. The average Bonchev–Trinajstić information content (AvgIpc) is 3.20. The summed E-state index contributed by atoms with van der Waals surface area (Å²) < 4.78 is 2.18. The van der Waals surface area contributed by atoms with Crippen molar-refractivity contribution < 1.29 is 4.79 Å². The van der Waals surface area contributed by atoms with Gasteiger partial charge in [-0.3, -0.25) is 4.79 Å². The molecule has 3 rings (SSSR count). The maximum atomic E-state index is 11.8. The Morgan fingerprint density at radius 1 is 1.33 bits per heavy atom. The van der Waals surface area contributed by atoms with Gasteiger partial charge in [-0.2, -0.15) is 0 Å². The highest BCUT2D eigenvalue weighted by Gasteiger charge is 2.22.